The predicted molar refractivity (Wildman–Crippen MR) is 153 cm³/mol. The van der Waals surface area contributed by atoms with Crippen LogP contribution >= 0.6 is 0 Å². The van der Waals surface area contributed by atoms with E-state index in [1.54, 1.807) is 59.9 Å². The van der Waals surface area contributed by atoms with E-state index in [4.69, 9.17) is 0 Å². The van der Waals surface area contributed by atoms with Crippen molar-refractivity contribution in [1.82, 2.24) is 25.1 Å². The van der Waals surface area contributed by atoms with Crippen LogP contribution in [0.5, 0.6) is 5.75 Å². The number of nitrogens with one attached hydrogen (secondary N) is 1. The van der Waals surface area contributed by atoms with Crippen LogP contribution in [0.25, 0.3) is 10.9 Å². The van der Waals surface area contributed by atoms with Crippen LogP contribution in [-0.2, 0) is 27.2 Å². The van der Waals surface area contributed by atoms with Gasteiger partial charge in [-0.3, -0.25) is 29.1 Å². The molecule has 0 aliphatic carbocycles. The molecule has 212 valence electrons. The fourth-order valence-electron chi connectivity index (χ4n) is 5.96. The Bertz CT molecular complexity index is 1650. The molecule has 2 fully saturated rings. The Morgan fingerprint density at radius 2 is 1.74 bits per heavy atom. The molecule has 4 heterocycles. The number of benzene rings is 2. The minimum Gasteiger partial charge on any atom is -0.508 e. The summed E-state index contributed by atoms with van der Waals surface area (Å²) in [5, 5.41) is 13.4. The van der Waals surface area contributed by atoms with E-state index in [0.717, 1.165) is 16.5 Å². The Labute approximate surface area is 242 Å². The van der Waals surface area contributed by atoms with Crippen LogP contribution in [0.1, 0.15) is 27.9 Å². The van der Waals surface area contributed by atoms with Crippen molar-refractivity contribution < 1.29 is 24.3 Å². The van der Waals surface area contributed by atoms with E-state index in [-0.39, 0.29) is 43.4 Å². The number of carbonyl (C=O) groups is 4. The molecule has 2 aromatic carbocycles. The summed E-state index contributed by atoms with van der Waals surface area (Å²) < 4.78 is 0. The van der Waals surface area contributed by atoms with Gasteiger partial charge in [-0.2, -0.15) is 0 Å². The number of phenols is 1. The van der Waals surface area contributed by atoms with Crippen molar-refractivity contribution in [2.75, 3.05) is 13.1 Å². The molecule has 2 aromatic heterocycles. The maximum Gasteiger partial charge on any atom is 0.254 e. The van der Waals surface area contributed by atoms with Crippen LogP contribution in [0.15, 0.2) is 85.3 Å². The van der Waals surface area contributed by atoms with Gasteiger partial charge in [0.2, 0.25) is 11.8 Å². The van der Waals surface area contributed by atoms with E-state index in [2.05, 4.69) is 15.3 Å². The first-order valence-corrected chi connectivity index (χ1v) is 13.8. The summed E-state index contributed by atoms with van der Waals surface area (Å²) in [6.45, 7) is 0.225. The molecule has 6 rings (SSSR count). The third kappa shape index (κ3) is 5.30. The fraction of sp³-hybridized carbons (Fsp3) is 0.250. The average molecular weight is 564 g/mol. The molecule has 4 aromatic rings. The molecule has 2 aliphatic heterocycles. The number of ketones is 1. The zero-order valence-corrected chi connectivity index (χ0v) is 22.7. The Morgan fingerprint density at radius 3 is 2.52 bits per heavy atom. The van der Waals surface area contributed by atoms with Gasteiger partial charge >= 0.3 is 0 Å². The number of phenolic OH excluding ortho intramolecular Hbond substituents is 1. The van der Waals surface area contributed by atoms with Crippen molar-refractivity contribution in [1.29, 1.82) is 0 Å². The SMILES string of the molecule is O=C(NC(Cc1ccc(O)cc1)C(=O)N1CCC2C1C(=O)CN2C(=O)Cc1cccnc1)c1cccc2cccnc12. The molecule has 3 amide bonds. The number of aromatic hydroxyl groups is 1. The smallest absolute Gasteiger partial charge is 0.254 e. The van der Waals surface area contributed by atoms with Gasteiger partial charge in [-0.25, -0.2) is 0 Å². The molecule has 42 heavy (non-hydrogen) atoms. The Morgan fingerprint density at radius 1 is 0.952 bits per heavy atom. The third-order valence-electron chi connectivity index (χ3n) is 7.96. The second-order valence-corrected chi connectivity index (χ2v) is 10.6. The highest BCUT2D eigenvalue weighted by atomic mass is 16.3. The summed E-state index contributed by atoms with van der Waals surface area (Å²) in [5.41, 5.74) is 2.33. The largest absolute Gasteiger partial charge is 0.508 e. The van der Waals surface area contributed by atoms with Crippen LogP contribution in [0.4, 0.5) is 0 Å². The Kier molecular flexibility index (Phi) is 7.35. The molecule has 10 nitrogen and oxygen atoms in total. The summed E-state index contributed by atoms with van der Waals surface area (Å²) >= 11 is 0. The van der Waals surface area contributed by atoms with Crippen LogP contribution in [-0.4, -0.2) is 79.6 Å². The van der Waals surface area contributed by atoms with Crippen LogP contribution < -0.4 is 5.32 Å². The van der Waals surface area contributed by atoms with Crippen LogP contribution in [0.2, 0.25) is 0 Å². The Balaban J connectivity index is 1.24. The topological polar surface area (TPSA) is 133 Å². The van der Waals surface area contributed by atoms with E-state index in [1.807, 2.05) is 18.2 Å². The van der Waals surface area contributed by atoms with E-state index in [9.17, 15) is 24.3 Å². The quantitative estimate of drug-likeness (QED) is 0.353. The first-order valence-electron chi connectivity index (χ1n) is 13.8. The molecule has 2 N–H and O–H groups in total. The molecule has 10 heteroatoms. The molecular weight excluding hydrogens is 534 g/mol. The number of likely N-dealkylation sites (tertiary alicyclic amines) is 2. The summed E-state index contributed by atoms with van der Waals surface area (Å²) in [4.78, 5) is 65.5. The predicted octanol–water partition coefficient (Wildman–Crippen LogP) is 2.30. The van der Waals surface area contributed by atoms with E-state index in [0.29, 0.717) is 17.5 Å². The number of hydrogen-bond acceptors (Lipinski definition) is 7. The lowest BCUT2D eigenvalue weighted by molar-refractivity contribution is -0.138. The van der Waals surface area contributed by atoms with Gasteiger partial charge in [-0.1, -0.05) is 36.4 Å². The number of pyridine rings is 2. The van der Waals surface area contributed by atoms with Gasteiger partial charge in [-0.05, 0) is 47.9 Å². The maximum absolute atomic E-state index is 14.1. The van der Waals surface area contributed by atoms with Crippen molar-refractivity contribution in [3.8, 4) is 5.75 Å². The lowest BCUT2D eigenvalue weighted by Gasteiger charge is -2.28. The van der Waals surface area contributed by atoms with Gasteiger partial charge in [0.25, 0.3) is 5.91 Å². The summed E-state index contributed by atoms with van der Waals surface area (Å²) in [7, 11) is 0. The number of hydrogen-bond donors (Lipinski definition) is 2. The second-order valence-electron chi connectivity index (χ2n) is 10.6. The van der Waals surface area contributed by atoms with Crippen LogP contribution in [0, 0.1) is 0 Å². The number of nitrogens with zero attached hydrogens (tertiary/aromatic N) is 4. The molecule has 2 saturated heterocycles. The monoisotopic (exact) mass is 563 g/mol. The molecule has 0 radical (unpaired) electrons. The van der Waals surface area contributed by atoms with Gasteiger partial charge in [0, 0.05) is 36.9 Å². The van der Waals surface area contributed by atoms with Crippen molar-refractivity contribution >= 4 is 34.4 Å². The molecule has 0 bridgehead atoms. The van der Waals surface area contributed by atoms with Gasteiger partial charge in [0.1, 0.15) is 17.8 Å². The zero-order valence-electron chi connectivity index (χ0n) is 22.7. The van der Waals surface area contributed by atoms with E-state index >= 15 is 0 Å². The molecule has 0 spiro atoms. The highest BCUT2D eigenvalue weighted by Crippen LogP contribution is 2.31. The van der Waals surface area contributed by atoms with Crippen molar-refractivity contribution in [2.24, 2.45) is 0 Å². The maximum atomic E-state index is 14.1. The highest BCUT2D eigenvalue weighted by Gasteiger charge is 2.52. The van der Waals surface area contributed by atoms with Crippen molar-refractivity contribution in [3.05, 3.63) is 102 Å². The number of rotatable bonds is 7. The normalized spacial score (nSPS) is 18.6. The summed E-state index contributed by atoms with van der Waals surface area (Å²) in [5.74, 6) is -1.15. The summed E-state index contributed by atoms with van der Waals surface area (Å²) in [6, 6.07) is 16.7. The van der Waals surface area contributed by atoms with Gasteiger partial charge < -0.3 is 20.2 Å². The average Bonchev–Trinajstić information content (AvgIpc) is 3.59. The number of carbonyl (C=O) groups excluding carboxylic acids is 4. The van der Waals surface area contributed by atoms with Crippen molar-refractivity contribution in [2.45, 2.75) is 37.4 Å². The first-order chi connectivity index (χ1) is 20.4. The number of amides is 3. The van der Waals surface area contributed by atoms with Gasteiger partial charge in [0.15, 0.2) is 5.78 Å². The lowest BCUT2D eigenvalue weighted by Crippen LogP contribution is -2.53. The second kappa shape index (κ2) is 11.4. The number of aromatic nitrogens is 2. The minimum absolute atomic E-state index is 0.0606. The van der Waals surface area contributed by atoms with Crippen molar-refractivity contribution in [3.63, 3.8) is 0 Å². The molecule has 0 saturated carbocycles. The summed E-state index contributed by atoms with van der Waals surface area (Å²) in [6.07, 6.45) is 5.60. The minimum atomic E-state index is -0.993. The highest BCUT2D eigenvalue weighted by molar-refractivity contribution is 6.07. The number of Topliss-reactive ketones (excluding diaryl/α,β-unsaturated/α-hetero) is 1. The van der Waals surface area contributed by atoms with Crippen LogP contribution in [0.3, 0.4) is 0 Å². The molecule has 2 aliphatic rings. The standard InChI is InChI=1S/C32H29N5O5/c38-23-10-8-20(9-11-23)16-25(35-31(41)24-7-1-5-22-6-3-14-34-29(22)24)32(42)36-15-12-26-30(36)27(39)19-37(26)28(40)17-21-4-2-13-33-18-21/h1-11,13-14,18,25-26,30,38H,12,15-17,19H2,(H,35,41). The number of para-hydroxylation sites is 1. The van der Waals surface area contributed by atoms with E-state index < -0.39 is 29.9 Å². The van der Waals surface area contributed by atoms with Gasteiger partial charge in [0.05, 0.1) is 30.1 Å². The zero-order chi connectivity index (χ0) is 29.2. The molecule has 3 atom stereocenters. The first kappa shape index (κ1) is 27.1. The lowest BCUT2D eigenvalue weighted by atomic mass is 10.0. The third-order valence-corrected chi connectivity index (χ3v) is 7.96. The molecular formula is C32H29N5O5. The van der Waals surface area contributed by atoms with Gasteiger partial charge in [-0.15, -0.1) is 0 Å². The number of fused-ring (bicyclic) bond motifs is 2. The van der Waals surface area contributed by atoms with E-state index in [1.165, 1.54) is 17.0 Å². The fourth-order valence-corrected chi connectivity index (χ4v) is 5.96. The molecule has 3 unspecified atom stereocenters. The Hall–Kier alpha value is -5.12.